The van der Waals surface area contributed by atoms with Gasteiger partial charge in [0.1, 0.15) is 6.04 Å². The number of hydrogen-bond donors (Lipinski definition) is 2. The molecule has 1 fully saturated rings. The van der Waals surface area contributed by atoms with Crippen LogP contribution in [0.1, 0.15) is 43.1 Å². The summed E-state index contributed by atoms with van der Waals surface area (Å²) in [6.45, 7) is 8.40. The molecule has 3 unspecified atom stereocenters. The minimum Gasteiger partial charge on any atom is -0.481 e. The lowest BCUT2D eigenvalue weighted by Crippen LogP contribution is -2.54. The Kier molecular flexibility index (Phi) is 6.40. The van der Waals surface area contributed by atoms with Gasteiger partial charge in [0, 0.05) is 18.7 Å². The summed E-state index contributed by atoms with van der Waals surface area (Å²) in [7, 11) is 0. The topological polar surface area (TPSA) is 86.7 Å². The Bertz CT molecular complexity index is 669. The Labute approximate surface area is 154 Å². The number of nitrogens with one attached hydrogen (secondary N) is 1. The molecule has 1 saturated heterocycles. The van der Waals surface area contributed by atoms with E-state index in [-0.39, 0.29) is 23.7 Å². The molecule has 26 heavy (non-hydrogen) atoms. The first-order valence-corrected chi connectivity index (χ1v) is 9.09. The summed E-state index contributed by atoms with van der Waals surface area (Å²) in [5.74, 6) is -1.81. The van der Waals surface area contributed by atoms with Gasteiger partial charge in [-0.1, -0.05) is 38.5 Å². The molecule has 0 bridgehead atoms. The zero-order valence-electron chi connectivity index (χ0n) is 15.9. The molecule has 2 amide bonds. The van der Waals surface area contributed by atoms with Gasteiger partial charge in [-0.2, -0.15) is 0 Å². The SMILES string of the molecule is Cc1ccc(C(=O)NC(C(=O)N2CCC(C(=O)O)C(C)C2)C(C)C)cc1. The lowest BCUT2D eigenvalue weighted by molar-refractivity contribution is -0.149. The maximum absolute atomic E-state index is 12.9. The summed E-state index contributed by atoms with van der Waals surface area (Å²) in [5.41, 5.74) is 1.58. The van der Waals surface area contributed by atoms with E-state index in [9.17, 15) is 19.5 Å². The van der Waals surface area contributed by atoms with Crippen LogP contribution < -0.4 is 5.32 Å². The van der Waals surface area contributed by atoms with Crippen LogP contribution >= 0.6 is 0 Å². The summed E-state index contributed by atoms with van der Waals surface area (Å²) in [6.07, 6.45) is 0.443. The van der Waals surface area contributed by atoms with Crippen molar-refractivity contribution in [2.45, 2.75) is 40.2 Å². The van der Waals surface area contributed by atoms with Crippen LogP contribution in [-0.4, -0.2) is 46.9 Å². The monoisotopic (exact) mass is 360 g/mol. The number of carboxylic acid groups (broad SMARTS) is 1. The molecule has 0 aliphatic carbocycles. The first-order chi connectivity index (χ1) is 12.2. The average Bonchev–Trinajstić information content (AvgIpc) is 2.58. The van der Waals surface area contributed by atoms with Crippen molar-refractivity contribution in [2.24, 2.45) is 17.8 Å². The number of piperidine rings is 1. The third kappa shape index (κ3) is 4.62. The molecule has 0 aromatic heterocycles. The van der Waals surface area contributed by atoms with E-state index in [4.69, 9.17) is 0 Å². The molecule has 1 aromatic rings. The standard InChI is InChI=1S/C20H28N2O4/c1-12(2)17(21-18(23)15-7-5-13(3)6-8-15)19(24)22-10-9-16(20(25)26)14(4)11-22/h5-8,12,14,16-17H,9-11H2,1-4H3,(H,21,23)(H,25,26). The second kappa shape index (κ2) is 8.34. The van der Waals surface area contributed by atoms with Gasteiger partial charge in [-0.3, -0.25) is 14.4 Å². The summed E-state index contributed by atoms with van der Waals surface area (Å²) in [6, 6.07) is 6.58. The van der Waals surface area contributed by atoms with Gasteiger partial charge < -0.3 is 15.3 Å². The number of carbonyl (C=O) groups is 3. The molecule has 0 spiro atoms. The Morgan fingerprint density at radius 2 is 1.81 bits per heavy atom. The van der Waals surface area contributed by atoms with Crippen LogP contribution in [0.4, 0.5) is 0 Å². The quantitative estimate of drug-likeness (QED) is 0.844. The van der Waals surface area contributed by atoms with E-state index in [0.29, 0.717) is 25.1 Å². The third-order valence-corrected chi connectivity index (χ3v) is 5.07. The van der Waals surface area contributed by atoms with Crippen LogP contribution in [0.2, 0.25) is 0 Å². The second-order valence-electron chi connectivity index (χ2n) is 7.56. The zero-order valence-corrected chi connectivity index (χ0v) is 15.9. The van der Waals surface area contributed by atoms with E-state index in [1.165, 1.54) is 0 Å². The van der Waals surface area contributed by atoms with Gasteiger partial charge in [-0.15, -0.1) is 0 Å². The number of rotatable bonds is 5. The molecule has 3 atom stereocenters. The van der Waals surface area contributed by atoms with Crippen molar-refractivity contribution in [3.63, 3.8) is 0 Å². The Balaban J connectivity index is 2.07. The highest BCUT2D eigenvalue weighted by atomic mass is 16.4. The lowest BCUT2D eigenvalue weighted by atomic mass is 9.86. The van der Waals surface area contributed by atoms with Gasteiger partial charge in [0.25, 0.3) is 5.91 Å². The van der Waals surface area contributed by atoms with E-state index >= 15 is 0 Å². The van der Waals surface area contributed by atoms with Crippen molar-refractivity contribution in [3.8, 4) is 0 Å². The van der Waals surface area contributed by atoms with Gasteiger partial charge >= 0.3 is 5.97 Å². The van der Waals surface area contributed by atoms with Crippen LogP contribution in [0, 0.1) is 24.7 Å². The van der Waals surface area contributed by atoms with E-state index in [2.05, 4.69) is 5.32 Å². The summed E-state index contributed by atoms with van der Waals surface area (Å²) >= 11 is 0. The predicted molar refractivity (Wildman–Crippen MR) is 98.8 cm³/mol. The van der Waals surface area contributed by atoms with Gasteiger partial charge in [0.05, 0.1) is 5.92 Å². The molecule has 6 heteroatoms. The van der Waals surface area contributed by atoms with E-state index in [1.54, 1.807) is 17.0 Å². The molecular weight excluding hydrogens is 332 g/mol. The normalized spacial score (nSPS) is 21.3. The number of benzene rings is 1. The van der Waals surface area contributed by atoms with Crippen molar-refractivity contribution >= 4 is 17.8 Å². The Morgan fingerprint density at radius 3 is 2.31 bits per heavy atom. The Hall–Kier alpha value is -2.37. The van der Waals surface area contributed by atoms with Gasteiger partial charge in [-0.25, -0.2) is 0 Å². The molecule has 2 rings (SSSR count). The number of nitrogens with zero attached hydrogens (tertiary/aromatic N) is 1. The first-order valence-electron chi connectivity index (χ1n) is 9.09. The maximum atomic E-state index is 12.9. The number of aliphatic carboxylic acids is 1. The fraction of sp³-hybridized carbons (Fsp3) is 0.550. The highest BCUT2D eigenvalue weighted by Crippen LogP contribution is 2.24. The summed E-state index contributed by atoms with van der Waals surface area (Å²) in [4.78, 5) is 38.4. The molecule has 142 valence electrons. The molecule has 1 aliphatic heterocycles. The first kappa shape index (κ1) is 19.9. The number of likely N-dealkylation sites (tertiary alicyclic amines) is 1. The number of carbonyl (C=O) groups excluding carboxylic acids is 2. The largest absolute Gasteiger partial charge is 0.481 e. The molecule has 2 N–H and O–H groups in total. The van der Waals surface area contributed by atoms with Crippen molar-refractivity contribution < 1.29 is 19.5 Å². The number of hydrogen-bond acceptors (Lipinski definition) is 3. The van der Waals surface area contributed by atoms with Crippen molar-refractivity contribution in [1.82, 2.24) is 10.2 Å². The predicted octanol–water partition coefficient (Wildman–Crippen LogP) is 2.32. The fourth-order valence-electron chi connectivity index (χ4n) is 3.35. The summed E-state index contributed by atoms with van der Waals surface area (Å²) < 4.78 is 0. The summed E-state index contributed by atoms with van der Waals surface area (Å²) in [5, 5.41) is 12.1. The molecule has 1 aliphatic rings. The minimum atomic E-state index is -0.808. The lowest BCUT2D eigenvalue weighted by Gasteiger charge is -2.37. The third-order valence-electron chi connectivity index (χ3n) is 5.07. The molecule has 1 aromatic carbocycles. The highest BCUT2D eigenvalue weighted by molar-refractivity contribution is 5.97. The molecule has 0 saturated carbocycles. The smallest absolute Gasteiger partial charge is 0.306 e. The average molecular weight is 360 g/mol. The van der Waals surface area contributed by atoms with Crippen LogP contribution in [0.15, 0.2) is 24.3 Å². The molecular formula is C20H28N2O4. The van der Waals surface area contributed by atoms with Crippen LogP contribution in [-0.2, 0) is 9.59 Å². The van der Waals surface area contributed by atoms with Crippen molar-refractivity contribution in [1.29, 1.82) is 0 Å². The second-order valence-corrected chi connectivity index (χ2v) is 7.56. The van der Waals surface area contributed by atoms with Gasteiger partial charge in [-0.05, 0) is 37.3 Å². The highest BCUT2D eigenvalue weighted by Gasteiger charge is 2.36. The maximum Gasteiger partial charge on any atom is 0.306 e. The van der Waals surface area contributed by atoms with Crippen LogP contribution in [0.25, 0.3) is 0 Å². The molecule has 6 nitrogen and oxygen atoms in total. The van der Waals surface area contributed by atoms with Crippen LogP contribution in [0.5, 0.6) is 0 Å². The van der Waals surface area contributed by atoms with Gasteiger partial charge in [0.15, 0.2) is 0 Å². The number of aryl methyl sites for hydroxylation is 1. The van der Waals surface area contributed by atoms with E-state index < -0.39 is 17.9 Å². The Morgan fingerprint density at radius 1 is 1.19 bits per heavy atom. The van der Waals surface area contributed by atoms with Crippen molar-refractivity contribution in [2.75, 3.05) is 13.1 Å². The number of carboxylic acids is 1. The van der Waals surface area contributed by atoms with E-state index in [0.717, 1.165) is 5.56 Å². The molecule has 1 heterocycles. The molecule has 0 radical (unpaired) electrons. The zero-order chi connectivity index (χ0) is 19.4. The van der Waals surface area contributed by atoms with Gasteiger partial charge in [0.2, 0.25) is 5.91 Å². The minimum absolute atomic E-state index is 0.0654. The van der Waals surface area contributed by atoms with Crippen molar-refractivity contribution in [3.05, 3.63) is 35.4 Å². The number of amides is 2. The fourth-order valence-corrected chi connectivity index (χ4v) is 3.35. The van der Waals surface area contributed by atoms with Crippen LogP contribution in [0.3, 0.4) is 0 Å². The van der Waals surface area contributed by atoms with E-state index in [1.807, 2.05) is 39.8 Å².